The fourth-order valence-electron chi connectivity index (χ4n) is 2.78. The molecule has 1 aromatic heterocycles. The maximum atomic E-state index is 11.6. The molecule has 0 bridgehead atoms. The Kier molecular flexibility index (Phi) is 4.98. The zero-order valence-electron chi connectivity index (χ0n) is 15.4. The molecule has 2 N–H and O–H groups in total. The third kappa shape index (κ3) is 4.06. The number of ketones is 1. The molecule has 0 atom stereocenters. The van der Waals surface area contributed by atoms with E-state index < -0.39 is 0 Å². The first-order valence-electron chi connectivity index (χ1n) is 8.49. The summed E-state index contributed by atoms with van der Waals surface area (Å²) in [5, 5.41) is 6.57. The van der Waals surface area contributed by atoms with Crippen molar-refractivity contribution < 1.29 is 4.79 Å². The Morgan fingerprint density at radius 2 is 1.58 bits per heavy atom. The summed E-state index contributed by atoms with van der Waals surface area (Å²) in [5.41, 5.74) is 5.61. The number of nitrogens with one attached hydrogen (secondary N) is 2. The minimum Gasteiger partial charge on any atom is -0.340 e. The molecule has 0 radical (unpaired) electrons. The van der Waals surface area contributed by atoms with Crippen molar-refractivity contribution >= 4 is 28.9 Å². The Labute approximate surface area is 153 Å². The van der Waals surface area contributed by atoms with Crippen LogP contribution in [0.4, 0.5) is 23.1 Å². The second kappa shape index (κ2) is 7.35. The predicted molar refractivity (Wildman–Crippen MR) is 106 cm³/mol. The molecule has 3 aromatic rings. The average Bonchev–Trinajstić information content (AvgIpc) is 2.58. The number of hydrogen-bond acceptors (Lipinski definition) is 5. The number of carbonyl (C=O) groups excluding carboxylic acids is 1. The van der Waals surface area contributed by atoms with Crippen LogP contribution in [0.25, 0.3) is 0 Å². The van der Waals surface area contributed by atoms with Crippen LogP contribution in [-0.4, -0.2) is 15.8 Å². The zero-order chi connectivity index (χ0) is 18.7. The molecule has 5 nitrogen and oxygen atoms in total. The van der Waals surface area contributed by atoms with Gasteiger partial charge in [-0.05, 0) is 51.0 Å². The molecule has 0 aliphatic carbocycles. The van der Waals surface area contributed by atoms with Crippen LogP contribution in [0.1, 0.15) is 34.1 Å². The molecule has 0 aliphatic rings. The Bertz CT molecular complexity index is 946. The number of aryl methyl sites for hydroxylation is 3. The lowest BCUT2D eigenvalue weighted by molar-refractivity contribution is 0.101. The van der Waals surface area contributed by atoms with Gasteiger partial charge in [0.1, 0.15) is 5.82 Å². The Morgan fingerprint density at radius 3 is 2.27 bits per heavy atom. The van der Waals surface area contributed by atoms with Crippen LogP contribution in [0.5, 0.6) is 0 Å². The molecule has 0 fully saturated rings. The number of nitrogens with zero attached hydrogens (tertiary/aromatic N) is 2. The molecule has 1 heterocycles. The number of para-hydroxylation sites is 1. The molecule has 5 heteroatoms. The summed E-state index contributed by atoms with van der Waals surface area (Å²) in [6.45, 7) is 7.59. The van der Waals surface area contributed by atoms with E-state index in [0.717, 1.165) is 28.2 Å². The van der Waals surface area contributed by atoms with Crippen LogP contribution in [0.2, 0.25) is 0 Å². The standard InChI is InChI=1S/C21H22N4O/c1-13-7-5-8-14(2)20(13)25-21-22-15(3)11-19(24-21)23-18-10-6-9-17(12-18)16(4)26/h5-12H,1-4H3,(H2,22,23,24,25). The molecule has 132 valence electrons. The molecule has 0 amide bonds. The van der Waals surface area contributed by atoms with E-state index in [1.807, 2.05) is 37.3 Å². The van der Waals surface area contributed by atoms with Crippen molar-refractivity contribution in [2.75, 3.05) is 10.6 Å². The van der Waals surface area contributed by atoms with Gasteiger partial charge in [0.15, 0.2) is 5.78 Å². The van der Waals surface area contributed by atoms with Gasteiger partial charge in [0.05, 0.1) is 0 Å². The van der Waals surface area contributed by atoms with Gasteiger partial charge in [0.25, 0.3) is 0 Å². The highest BCUT2D eigenvalue weighted by molar-refractivity contribution is 5.95. The smallest absolute Gasteiger partial charge is 0.229 e. The van der Waals surface area contributed by atoms with E-state index in [1.54, 1.807) is 13.0 Å². The van der Waals surface area contributed by atoms with E-state index in [9.17, 15) is 4.79 Å². The molecule has 0 unspecified atom stereocenters. The van der Waals surface area contributed by atoms with Crippen LogP contribution in [0.3, 0.4) is 0 Å². The van der Waals surface area contributed by atoms with Gasteiger partial charge in [0.2, 0.25) is 5.95 Å². The van der Waals surface area contributed by atoms with Crippen LogP contribution >= 0.6 is 0 Å². The first-order valence-corrected chi connectivity index (χ1v) is 8.49. The predicted octanol–water partition coefficient (Wildman–Crippen LogP) is 5.09. The van der Waals surface area contributed by atoms with Crippen LogP contribution in [0.15, 0.2) is 48.5 Å². The Hall–Kier alpha value is -3.21. The highest BCUT2D eigenvalue weighted by atomic mass is 16.1. The van der Waals surface area contributed by atoms with Crippen molar-refractivity contribution in [2.45, 2.75) is 27.7 Å². The summed E-state index contributed by atoms with van der Waals surface area (Å²) < 4.78 is 0. The molecule has 0 saturated heterocycles. The van der Waals surface area contributed by atoms with Crippen LogP contribution in [-0.2, 0) is 0 Å². The van der Waals surface area contributed by atoms with Crippen molar-refractivity contribution in [3.63, 3.8) is 0 Å². The first-order chi connectivity index (χ1) is 12.4. The normalized spacial score (nSPS) is 10.5. The monoisotopic (exact) mass is 346 g/mol. The summed E-state index contributed by atoms with van der Waals surface area (Å²) in [5.74, 6) is 1.24. The minimum absolute atomic E-state index is 0.0323. The first kappa shape index (κ1) is 17.6. The Balaban J connectivity index is 1.88. The van der Waals surface area contributed by atoms with Crippen molar-refractivity contribution in [2.24, 2.45) is 0 Å². The van der Waals surface area contributed by atoms with Gasteiger partial charge in [-0.3, -0.25) is 4.79 Å². The van der Waals surface area contributed by atoms with Crippen molar-refractivity contribution in [1.82, 2.24) is 9.97 Å². The van der Waals surface area contributed by atoms with E-state index in [-0.39, 0.29) is 5.78 Å². The number of Topliss-reactive ketones (excluding diaryl/α,β-unsaturated/α-hetero) is 1. The summed E-state index contributed by atoms with van der Waals surface area (Å²) in [6.07, 6.45) is 0. The maximum Gasteiger partial charge on any atom is 0.229 e. The number of aromatic nitrogens is 2. The maximum absolute atomic E-state index is 11.6. The van der Waals surface area contributed by atoms with Gasteiger partial charge in [-0.25, -0.2) is 4.98 Å². The van der Waals surface area contributed by atoms with Gasteiger partial charge in [-0.15, -0.1) is 0 Å². The molecule has 0 saturated carbocycles. The molecule has 26 heavy (non-hydrogen) atoms. The minimum atomic E-state index is 0.0323. The van der Waals surface area contributed by atoms with E-state index in [4.69, 9.17) is 0 Å². The number of hydrogen-bond donors (Lipinski definition) is 2. The average molecular weight is 346 g/mol. The highest BCUT2D eigenvalue weighted by Crippen LogP contribution is 2.24. The second-order valence-electron chi connectivity index (χ2n) is 6.37. The molecule has 3 rings (SSSR count). The van der Waals surface area contributed by atoms with E-state index in [0.29, 0.717) is 17.3 Å². The van der Waals surface area contributed by atoms with Crippen molar-refractivity contribution in [3.05, 3.63) is 70.9 Å². The fourth-order valence-corrected chi connectivity index (χ4v) is 2.78. The molecular formula is C21H22N4O. The van der Waals surface area contributed by atoms with Crippen LogP contribution in [0, 0.1) is 20.8 Å². The van der Waals surface area contributed by atoms with E-state index >= 15 is 0 Å². The Morgan fingerprint density at radius 1 is 0.885 bits per heavy atom. The lowest BCUT2D eigenvalue weighted by atomic mass is 10.1. The van der Waals surface area contributed by atoms with Gasteiger partial charge >= 0.3 is 0 Å². The number of carbonyl (C=O) groups is 1. The number of benzene rings is 2. The largest absolute Gasteiger partial charge is 0.340 e. The van der Waals surface area contributed by atoms with Crippen LogP contribution < -0.4 is 10.6 Å². The number of anilines is 4. The topological polar surface area (TPSA) is 66.9 Å². The van der Waals surface area contributed by atoms with Gasteiger partial charge in [-0.1, -0.05) is 30.3 Å². The second-order valence-corrected chi connectivity index (χ2v) is 6.37. The van der Waals surface area contributed by atoms with Crippen molar-refractivity contribution in [3.8, 4) is 0 Å². The fraction of sp³-hybridized carbons (Fsp3) is 0.190. The van der Waals surface area contributed by atoms with E-state index in [2.05, 4.69) is 46.6 Å². The summed E-state index contributed by atoms with van der Waals surface area (Å²) in [6, 6.07) is 15.4. The number of rotatable bonds is 5. The molecular weight excluding hydrogens is 324 g/mol. The summed E-state index contributed by atoms with van der Waals surface area (Å²) in [7, 11) is 0. The van der Waals surface area contributed by atoms with Gasteiger partial charge in [0, 0.05) is 28.7 Å². The zero-order valence-corrected chi connectivity index (χ0v) is 15.4. The highest BCUT2D eigenvalue weighted by Gasteiger charge is 2.08. The lowest BCUT2D eigenvalue weighted by Crippen LogP contribution is -2.04. The quantitative estimate of drug-likeness (QED) is 0.630. The molecule has 0 spiro atoms. The third-order valence-corrected chi connectivity index (χ3v) is 4.11. The summed E-state index contributed by atoms with van der Waals surface area (Å²) in [4.78, 5) is 20.6. The molecule has 0 aliphatic heterocycles. The SMILES string of the molecule is CC(=O)c1cccc(Nc2cc(C)nc(Nc3c(C)cccc3C)n2)c1. The molecule has 2 aromatic carbocycles. The van der Waals surface area contributed by atoms with Gasteiger partial charge < -0.3 is 10.6 Å². The van der Waals surface area contributed by atoms with E-state index in [1.165, 1.54) is 0 Å². The lowest BCUT2D eigenvalue weighted by Gasteiger charge is -2.13. The van der Waals surface area contributed by atoms with Crippen molar-refractivity contribution in [1.29, 1.82) is 0 Å². The van der Waals surface area contributed by atoms with Gasteiger partial charge in [-0.2, -0.15) is 4.98 Å². The summed E-state index contributed by atoms with van der Waals surface area (Å²) >= 11 is 0. The third-order valence-electron chi connectivity index (χ3n) is 4.11.